The fourth-order valence-electron chi connectivity index (χ4n) is 1.94. The Balaban J connectivity index is 2.25. The van der Waals surface area contributed by atoms with Gasteiger partial charge in [0, 0.05) is 22.3 Å². The first-order chi connectivity index (χ1) is 9.09. The van der Waals surface area contributed by atoms with E-state index in [2.05, 4.69) is 21.2 Å². The van der Waals surface area contributed by atoms with Gasteiger partial charge < -0.3 is 5.32 Å². The van der Waals surface area contributed by atoms with E-state index in [4.69, 9.17) is 0 Å². The second kappa shape index (κ2) is 6.15. The van der Waals surface area contributed by atoms with Gasteiger partial charge in [0.2, 0.25) is 0 Å². The minimum atomic E-state index is -0.304. The molecule has 1 N–H and O–H groups in total. The van der Waals surface area contributed by atoms with E-state index in [1.807, 2.05) is 6.92 Å². The van der Waals surface area contributed by atoms with Gasteiger partial charge in [-0.05, 0) is 23.9 Å². The third-order valence-electron chi connectivity index (χ3n) is 2.94. The van der Waals surface area contributed by atoms with Crippen LogP contribution in [0.4, 0.5) is 4.39 Å². The Labute approximate surface area is 120 Å². The summed E-state index contributed by atoms with van der Waals surface area (Å²) < 4.78 is 13.6. The van der Waals surface area contributed by atoms with Gasteiger partial charge >= 0.3 is 0 Å². The van der Waals surface area contributed by atoms with Crippen molar-refractivity contribution in [2.45, 2.75) is 18.2 Å². The van der Waals surface area contributed by atoms with E-state index in [-0.39, 0.29) is 11.7 Å². The van der Waals surface area contributed by atoms with Gasteiger partial charge in [0.05, 0.1) is 0 Å². The number of alkyl halides is 1. The van der Waals surface area contributed by atoms with Crippen LogP contribution >= 0.6 is 15.9 Å². The minimum Gasteiger partial charge on any atom is -0.352 e. The molecular weight excluding hydrogens is 309 g/mol. The lowest BCUT2D eigenvalue weighted by Crippen LogP contribution is -2.25. The van der Waals surface area contributed by atoms with Gasteiger partial charge in [-0.3, -0.25) is 4.79 Å². The molecule has 0 fully saturated rings. The molecule has 0 aromatic heterocycles. The smallest absolute Gasteiger partial charge is 0.251 e. The first kappa shape index (κ1) is 14.0. The summed E-state index contributed by atoms with van der Waals surface area (Å²) in [6.07, 6.45) is 0.852. The standard InChI is InChI=1S/C15H15BrFNO/c1-10(16)8-9-18-15(19)13-6-7-14(17)12-5-3-2-4-11(12)13/h2-7,10H,8-9H2,1H3,(H,18,19). The fraction of sp³-hybridized carbons (Fsp3) is 0.267. The molecule has 2 aromatic carbocycles. The summed E-state index contributed by atoms with van der Waals surface area (Å²) in [7, 11) is 0. The number of carbonyl (C=O) groups excluding carboxylic acids is 1. The summed E-state index contributed by atoms with van der Waals surface area (Å²) in [5, 5.41) is 3.97. The van der Waals surface area contributed by atoms with Crippen molar-refractivity contribution in [1.29, 1.82) is 0 Å². The molecule has 0 saturated carbocycles. The van der Waals surface area contributed by atoms with E-state index in [0.29, 0.717) is 27.7 Å². The van der Waals surface area contributed by atoms with Crippen LogP contribution in [0.5, 0.6) is 0 Å². The summed E-state index contributed by atoms with van der Waals surface area (Å²) in [4.78, 5) is 12.5. The molecule has 100 valence electrons. The van der Waals surface area contributed by atoms with E-state index < -0.39 is 0 Å². The highest BCUT2D eigenvalue weighted by Crippen LogP contribution is 2.21. The Kier molecular flexibility index (Phi) is 4.53. The van der Waals surface area contributed by atoms with Crippen LogP contribution in [0.15, 0.2) is 36.4 Å². The Hall–Kier alpha value is -1.42. The van der Waals surface area contributed by atoms with Crippen LogP contribution in [0, 0.1) is 5.82 Å². The molecule has 2 nitrogen and oxygen atoms in total. The molecule has 0 aliphatic carbocycles. The fourth-order valence-corrected chi connectivity index (χ4v) is 2.17. The molecule has 0 aliphatic rings. The molecule has 0 saturated heterocycles. The average molecular weight is 324 g/mol. The number of nitrogens with one attached hydrogen (secondary N) is 1. The van der Waals surface area contributed by atoms with Gasteiger partial charge in [0.25, 0.3) is 5.91 Å². The van der Waals surface area contributed by atoms with Gasteiger partial charge in [-0.1, -0.05) is 47.1 Å². The third kappa shape index (κ3) is 3.32. The van der Waals surface area contributed by atoms with Gasteiger partial charge in [0.15, 0.2) is 0 Å². The van der Waals surface area contributed by atoms with Crippen molar-refractivity contribution < 1.29 is 9.18 Å². The highest BCUT2D eigenvalue weighted by molar-refractivity contribution is 9.09. The zero-order valence-electron chi connectivity index (χ0n) is 10.6. The van der Waals surface area contributed by atoms with Crippen molar-refractivity contribution in [2.24, 2.45) is 0 Å². The largest absolute Gasteiger partial charge is 0.352 e. The maximum Gasteiger partial charge on any atom is 0.251 e. The number of carbonyl (C=O) groups is 1. The molecule has 4 heteroatoms. The molecule has 0 heterocycles. The van der Waals surface area contributed by atoms with Crippen LogP contribution in [0.3, 0.4) is 0 Å². The second-order valence-corrected chi connectivity index (χ2v) is 6.03. The number of fused-ring (bicyclic) bond motifs is 1. The predicted octanol–water partition coefficient (Wildman–Crippen LogP) is 3.88. The van der Waals surface area contributed by atoms with Crippen LogP contribution in [0.1, 0.15) is 23.7 Å². The topological polar surface area (TPSA) is 29.1 Å². The van der Waals surface area contributed by atoms with Gasteiger partial charge in [0.1, 0.15) is 5.82 Å². The molecule has 1 atom stereocenters. The summed E-state index contributed by atoms with van der Waals surface area (Å²) in [5.74, 6) is -0.467. The van der Waals surface area contributed by atoms with Crippen molar-refractivity contribution in [3.8, 4) is 0 Å². The number of rotatable bonds is 4. The van der Waals surface area contributed by atoms with E-state index in [1.54, 1.807) is 24.3 Å². The van der Waals surface area contributed by atoms with Crippen LogP contribution in [0.25, 0.3) is 10.8 Å². The average Bonchev–Trinajstić information content (AvgIpc) is 2.39. The second-order valence-electron chi connectivity index (χ2n) is 4.47. The van der Waals surface area contributed by atoms with Gasteiger partial charge in [-0.15, -0.1) is 0 Å². The van der Waals surface area contributed by atoms with Crippen LogP contribution in [-0.4, -0.2) is 17.3 Å². The molecule has 1 amide bonds. The number of halogens is 2. The number of hydrogen-bond donors (Lipinski definition) is 1. The maximum atomic E-state index is 13.6. The van der Waals surface area contributed by atoms with Crippen LogP contribution in [0.2, 0.25) is 0 Å². The van der Waals surface area contributed by atoms with Crippen molar-refractivity contribution >= 4 is 32.6 Å². The van der Waals surface area contributed by atoms with Crippen LogP contribution in [-0.2, 0) is 0 Å². The molecule has 19 heavy (non-hydrogen) atoms. The van der Waals surface area contributed by atoms with Crippen molar-refractivity contribution in [1.82, 2.24) is 5.32 Å². The summed E-state index contributed by atoms with van der Waals surface area (Å²) in [6, 6.07) is 9.89. The molecule has 0 aliphatic heterocycles. The lowest BCUT2D eigenvalue weighted by atomic mass is 10.0. The Morgan fingerprint density at radius 2 is 1.95 bits per heavy atom. The highest BCUT2D eigenvalue weighted by atomic mass is 79.9. The maximum absolute atomic E-state index is 13.6. The highest BCUT2D eigenvalue weighted by Gasteiger charge is 2.11. The first-order valence-electron chi connectivity index (χ1n) is 6.19. The number of amides is 1. The molecule has 2 rings (SSSR count). The van der Waals surface area contributed by atoms with Crippen LogP contribution < -0.4 is 5.32 Å². The lowest BCUT2D eigenvalue weighted by Gasteiger charge is -2.09. The molecule has 0 bridgehead atoms. The molecule has 0 radical (unpaired) electrons. The SMILES string of the molecule is CC(Br)CCNC(=O)c1ccc(F)c2ccccc12. The molecule has 2 aromatic rings. The Bertz CT molecular complexity index is 598. The summed E-state index contributed by atoms with van der Waals surface area (Å²) in [6.45, 7) is 2.62. The van der Waals surface area contributed by atoms with Crippen molar-refractivity contribution in [3.05, 3.63) is 47.8 Å². The zero-order chi connectivity index (χ0) is 13.8. The lowest BCUT2D eigenvalue weighted by molar-refractivity contribution is 0.0955. The van der Waals surface area contributed by atoms with E-state index in [9.17, 15) is 9.18 Å². The summed E-state index contributed by atoms with van der Waals surface area (Å²) in [5.41, 5.74) is 0.513. The van der Waals surface area contributed by atoms with Crippen molar-refractivity contribution in [2.75, 3.05) is 6.54 Å². The van der Waals surface area contributed by atoms with Gasteiger partial charge in [-0.25, -0.2) is 4.39 Å². The molecule has 0 spiro atoms. The molecular formula is C15H15BrFNO. The predicted molar refractivity (Wildman–Crippen MR) is 79.2 cm³/mol. The monoisotopic (exact) mass is 323 g/mol. The normalized spacial score (nSPS) is 12.4. The Morgan fingerprint density at radius 3 is 2.63 bits per heavy atom. The number of hydrogen-bond acceptors (Lipinski definition) is 1. The number of benzene rings is 2. The zero-order valence-corrected chi connectivity index (χ0v) is 12.2. The van der Waals surface area contributed by atoms with E-state index in [1.165, 1.54) is 12.1 Å². The first-order valence-corrected chi connectivity index (χ1v) is 7.10. The Morgan fingerprint density at radius 1 is 1.26 bits per heavy atom. The minimum absolute atomic E-state index is 0.163. The summed E-state index contributed by atoms with van der Waals surface area (Å²) >= 11 is 3.43. The molecule has 1 unspecified atom stereocenters. The van der Waals surface area contributed by atoms with Crippen molar-refractivity contribution in [3.63, 3.8) is 0 Å². The van der Waals surface area contributed by atoms with Gasteiger partial charge in [-0.2, -0.15) is 0 Å². The quantitative estimate of drug-likeness (QED) is 0.850. The van der Waals surface area contributed by atoms with E-state index >= 15 is 0 Å². The van der Waals surface area contributed by atoms with E-state index in [0.717, 1.165) is 6.42 Å². The third-order valence-corrected chi connectivity index (χ3v) is 3.40.